The number of likely N-dealkylation sites (tertiary alicyclic amines) is 1. The van der Waals surface area contributed by atoms with Crippen LogP contribution in [0.25, 0.3) is 0 Å². The summed E-state index contributed by atoms with van der Waals surface area (Å²) in [4.78, 5) is 2.59. The quantitative estimate of drug-likeness (QED) is 0.722. The maximum atomic E-state index is 9.11. The van der Waals surface area contributed by atoms with Gasteiger partial charge in [-0.1, -0.05) is 6.42 Å². The van der Waals surface area contributed by atoms with Crippen molar-refractivity contribution in [1.29, 1.82) is 0 Å². The predicted octanol–water partition coefficient (Wildman–Crippen LogP) is 1.22. The minimum atomic E-state index is 0.243. The molecule has 3 unspecified atom stereocenters. The predicted molar refractivity (Wildman–Crippen MR) is 64.0 cm³/mol. The van der Waals surface area contributed by atoms with Crippen molar-refractivity contribution in [2.75, 3.05) is 20.2 Å². The SMILES string of the molecule is CNC(CO)CCN1C(C)CCCC1C. The first-order valence-electron chi connectivity index (χ1n) is 6.23. The molecule has 0 amide bonds. The van der Waals surface area contributed by atoms with Gasteiger partial charge in [-0.2, -0.15) is 0 Å². The van der Waals surface area contributed by atoms with E-state index in [1.54, 1.807) is 0 Å². The Kier molecular flexibility index (Phi) is 5.58. The molecule has 0 aromatic heterocycles. The summed E-state index contributed by atoms with van der Waals surface area (Å²) in [5.74, 6) is 0. The standard InChI is InChI=1S/C12H26N2O/c1-10-5-4-6-11(2)14(10)8-7-12(9-15)13-3/h10-13,15H,4-9H2,1-3H3. The third-order valence-corrected chi connectivity index (χ3v) is 3.74. The first-order valence-corrected chi connectivity index (χ1v) is 6.23. The minimum absolute atomic E-state index is 0.243. The van der Waals surface area contributed by atoms with Crippen molar-refractivity contribution < 1.29 is 5.11 Å². The molecule has 0 aliphatic carbocycles. The maximum Gasteiger partial charge on any atom is 0.0585 e. The van der Waals surface area contributed by atoms with E-state index in [-0.39, 0.29) is 12.6 Å². The summed E-state index contributed by atoms with van der Waals surface area (Å²) in [5.41, 5.74) is 0. The summed E-state index contributed by atoms with van der Waals surface area (Å²) >= 11 is 0. The molecule has 0 bridgehead atoms. The summed E-state index contributed by atoms with van der Waals surface area (Å²) in [5, 5.41) is 12.3. The molecule has 90 valence electrons. The van der Waals surface area contributed by atoms with E-state index in [2.05, 4.69) is 24.1 Å². The number of rotatable bonds is 5. The van der Waals surface area contributed by atoms with Crippen molar-refractivity contribution in [1.82, 2.24) is 10.2 Å². The lowest BCUT2D eigenvalue weighted by Crippen LogP contribution is -2.46. The smallest absolute Gasteiger partial charge is 0.0585 e. The maximum absolute atomic E-state index is 9.11. The van der Waals surface area contributed by atoms with Crippen molar-refractivity contribution in [3.05, 3.63) is 0 Å². The Morgan fingerprint density at radius 1 is 1.33 bits per heavy atom. The summed E-state index contributed by atoms with van der Waals surface area (Å²) < 4.78 is 0. The number of aliphatic hydroxyl groups is 1. The Balaban J connectivity index is 2.34. The Bertz CT molecular complexity index is 161. The van der Waals surface area contributed by atoms with Crippen LogP contribution >= 0.6 is 0 Å². The average molecular weight is 214 g/mol. The van der Waals surface area contributed by atoms with Crippen molar-refractivity contribution in [3.8, 4) is 0 Å². The number of hydrogen-bond donors (Lipinski definition) is 2. The lowest BCUT2D eigenvalue weighted by atomic mass is 9.97. The molecule has 0 radical (unpaired) electrons. The van der Waals surface area contributed by atoms with Gasteiger partial charge in [0.25, 0.3) is 0 Å². The van der Waals surface area contributed by atoms with Gasteiger partial charge in [0.1, 0.15) is 0 Å². The van der Waals surface area contributed by atoms with Crippen LogP contribution in [0, 0.1) is 0 Å². The van der Waals surface area contributed by atoms with E-state index in [0.717, 1.165) is 13.0 Å². The molecule has 1 heterocycles. The van der Waals surface area contributed by atoms with Crippen molar-refractivity contribution in [2.45, 2.75) is 57.7 Å². The third-order valence-electron chi connectivity index (χ3n) is 3.74. The molecular formula is C12H26N2O. The highest BCUT2D eigenvalue weighted by atomic mass is 16.3. The van der Waals surface area contributed by atoms with Crippen LogP contribution in [0.3, 0.4) is 0 Å². The van der Waals surface area contributed by atoms with E-state index in [0.29, 0.717) is 12.1 Å². The second-order valence-corrected chi connectivity index (χ2v) is 4.82. The van der Waals surface area contributed by atoms with Crippen LogP contribution in [0.2, 0.25) is 0 Å². The van der Waals surface area contributed by atoms with E-state index >= 15 is 0 Å². The van der Waals surface area contributed by atoms with Gasteiger partial charge in [0.2, 0.25) is 0 Å². The highest BCUT2D eigenvalue weighted by Gasteiger charge is 2.24. The van der Waals surface area contributed by atoms with Gasteiger partial charge >= 0.3 is 0 Å². The van der Waals surface area contributed by atoms with Gasteiger partial charge in [0.15, 0.2) is 0 Å². The van der Waals surface area contributed by atoms with E-state index in [1.807, 2.05) is 7.05 Å². The first-order chi connectivity index (χ1) is 7.19. The van der Waals surface area contributed by atoms with Crippen molar-refractivity contribution in [2.24, 2.45) is 0 Å². The molecule has 0 aromatic rings. The van der Waals surface area contributed by atoms with Crippen LogP contribution in [-0.4, -0.2) is 48.3 Å². The van der Waals surface area contributed by atoms with Gasteiger partial charge in [-0.15, -0.1) is 0 Å². The average Bonchev–Trinajstić information content (AvgIpc) is 2.23. The molecule has 0 aromatic carbocycles. The van der Waals surface area contributed by atoms with Crippen LogP contribution < -0.4 is 5.32 Å². The van der Waals surface area contributed by atoms with E-state index in [4.69, 9.17) is 5.11 Å². The molecule has 3 heteroatoms. The van der Waals surface area contributed by atoms with E-state index in [9.17, 15) is 0 Å². The topological polar surface area (TPSA) is 35.5 Å². The lowest BCUT2D eigenvalue weighted by molar-refractivity contribution is 0.0940. The Morgan fingerprint density at radius 2 is 1.93 bits per heavy atom. The second-order valence-electron chi connectivity index (χ2n) is 4.82. The second kappa shape index (κ2) is 6.46. The highest BCUT2D eigenvalue weighted by molar-refractivity contribution is 4.80. The summed E-state index contributed by atoms with van der Waals surface area (Å²) in [6.45, 7) is 5.99. The monoisotopic (exact) mass is 214 g/mol. The van der Waals surface area contributed by atoms with Crippen molar-refractivity contribution >= 4 is 0 Å². The molecule has 3 nitrogen and oxygen atoms in total. The van der Waals surface area contributed by atoms with Crippen LogP contribution in [0.4, 0.5) is 0 Å². The number of aliphatic hydroxyl groups excluding tert-OH is 1. The fraction of sp³-hybridized carbons (Fsp3) is 1.00. The number of likely N-dealkylation sites (N-methyl/N-ethyl adjacent to an activating group) is 1. The summed E-state index contributed by atoms with van der Waals surface area (Å²) in [7, 11) is 1.92. The van der Waals surface area contributed by atoms with Gasteiger partial charge in [-0.25, -0.2) is 0 Å². The molecule has 0 saturated carbocycles. The molecule has 15 heavy (non-hydrogen) atoms. The Hall–Kier alpha value is -0.120. The third kappa shape index (κ3) is 3.74. The first kappa shape index (κ1) is 12.9. The number of hydrogen-bond acceptors (Lipinski definition) is 3. The fourth-order valence-corrected chi connectivity index (χ4v) is 2.55. The lowest BCUT2D eigenvalue weighted by Gasteiger charge is -2.39. The molecule has 2 N–H and O–H groups in total. The van der Waals surface area contributed by atoms with Gasteiger partial charge in [-0.3, -0.25) is 4.90 Å². The van der Waals surface area contributed by atoms with Crippen LogP contribution in [0.1, 0.15) is 39.5 Å². The Labute approximate surface area is 93.9 Å². The summed E-state index contributed by atoms with van der Waals surface area (Å²) in [6.07, 6.45) is 5.07. The zero-order valence-corrected chi connectivity index (χ0v) is 10.4. The molecule has 3 atom stereocenters. The number of piperidine rings is 1. The molecule has 1 aliphatic rings. The minimum Gasteiger partial charge on any atom is -0.395 e. The van der Waals surface area contributed by atoms with Gasteiger partial charge in [0.05, 0.1) is 6.61 Å². The van der Waals surface area contributed by atoms with Crippen LogP contribution in [0.5, 0.6) is 0 Å². The molecular weight excluding hydrogens is 188 g/mol. The van der Waals surface area contributed by atoms with Gasteiger partial charge < -0.3 is 10.4 Å². The van der Waals surface area contributed by atoms with Crippen molar-refractivity contribution in [3.63, 3.8) is 0 Å². The molecule has 0 spiro atoms. The molecule has 1 fully saturated rings. The molecule has 1 rings (SSSR count). The largest absolute Gasteiger partial charge is 0.395 e. The van der Waals surface area contributed by atoms with Gasteiger partial charge in [-0.05, 0) is 40.2 Å². The van der Waals surface area contributed by atoms with Gasteiger partial charge in [0, 0.05) is 24.7 Å². The normalized spacial score (nSPS) is 30.4. The zero-order valence-electron chi connectivity index (χ0n) is 10.4. The number of nitrogens with zero attached hydrogens (tertiary/aromatic N) is 1. The Morgan fingerprint density at radius 3 is 2.40 bits per heavy atom. The molecule has 1 aliphatic heterocycles. The molecule has 1 saturated heterocycles. The highest BCUT2D eigenvalue weighted by Crippen LogP contribution is 2.22. The van der Waals surface area contributed by atoms with Crippen LogP contribution in [-0.2, 0) is 0 Å². The zero-order chi connectivity index (χ0) is 11.3. The van der Waals surface area contributed by atoms with E-state index < -0.39 is 0 Å². The fourth-order valence-electron chi connectivity index (χ4n) is 2.55. The summed E-state index contributed by atoms with van der Waals surface area (Å²) in [6, 6.07) is 1.68. The van der Waals surface area contributed by atoms with Crippen LogP contribution in [0.15, 0.2) is 0 Å². The number of nitrogens with one attached hydrogen (secondary N) is 1. The van der Waals surface area contributed by atoms with E-state index in [1.165, 1.54) is 19.3 Å².